The molecule has 0 fully saturated rings. The predicted molar refractivity (Wildman–Crippen MR) is 60.3 cm³/mol. The van der Waals surface area contributed by atoms with E-state index in [4.69, 9.17) is 11.6 Å². The first kappa shape index (κ1) is 9.07. The Morgan fingerprint density at radius 1 is 1.46 bits per heavy atom. The summed E-state index contributed by atoms with van der Waals surface area (Å²) in [7, 11) is 0. The fourth-order valence-electron chi connectivity index (χ4n) is 1.35. The first-order chi connectivity index (χ1) is 6.18. The molecule has 2 aromatic rings. The van der Waals surface area contributed by atoms with Crippen molar-refractivity contribution in [2.45, 2.75) is 6.82 Å². The second kappa shape index (κ2) is 3.33. The van der Waals surface area contributed by atoms with Crippen LogP contribution in [0.1, 0.15) is 0 Å². The van der Waals surface area contributed by atoms with Gasteiger partial charge in [0.15, 0.2) is 0 Å². The molecule has 1 nitrogen and oxygen atoms in total. The molecule has 2 rings (SSSR count). The Bertz CT molecular complexity index is 438. The lowest BCUT2D eigenvalue weighted by atomic mass is 9.64. The highest BCUT2D eigenvalue weighted by atomic mass is 35.5. The number of fused-ring (bicyclic) bond motifs is 1. The van der Waals surface area contributed by atoms with Crippen molar-refractivity contribution < 1.29 is 5.02 Å². The van der Waals surface area contributed by atoms with Crippen LogP contribution in [0.3, 0.4) is 0 Å². The molecule has 0 unspecified atom stereocenters. The van der Waals surface area contributed by atoms with Gasteiger partial charge in [-0.05, 0) is 28.4 Å². The molecular weight excluding hydrogens is 202 g/mol. The summed E-state index contributed by atoms with van der Waals surface area (Å²) in [5.41, 5.74) is 0.983. The van der Waals surface area contributed by atoms with Gasteiger partial charge < -0.3 is 5.02 Å². The van der Waals surface area contributed by atoms with E-state index in [0.717, 1.165) is 20.6 Å². The van der Waals surface area contributed by atoms with Crippen molar-refractivity contribution in [3.63, 3.8) is 0 Å². The third-order valence-corrected chi connectivity index (χ3v) is 3.22. The zero-order valence-electron chi connectivity index (χ0n) is 7.12. The zero-order chi connectivity index (χ0) is 9.42. The van der Waals surface area contributed by atoms with E-state index < -0.39 is 6.92 Å². The number of benzene rings is 1. The van der Waals surface area contributed by atoms with Gasteiger partial charge in [-0.1, -0.05) is 24.5 Å². The molecule has 0 radical (unpaired) electrons. The largest absolute Gasteiger partial charge is 0.446 e. The summed E-state index contributed by atoms with van der Waals surface area (Å²) in [6, 6.07) is 5.73. The van der Waals surface area contributed by atoms with Crippen molar-refractivity contribution >= 4 is 45.4 Å². The van der Waals surface area contributed by atoms with Crippen molar-refractivity contribution in [1.82, 2.24) is 0 Å². The smallest absolute Gasteiger partial charge is 0.321 e. The Morgan fingerprint density at radius 3 is 2.92 bits per heavy atom. The van der Waals surface area contributed by atoms with Gasteiger partial charge in [0.2, 0.25) is 0 Å². The molecule has 1 aromatic carbocycles. The lowest BCUT2D eigenvalue weighted by Gasteiger charge is -1.97. The van der Waals surface area contributed by atoms with Crippen molar-refractivity contribution in [1.29, 1.82) is 0 Å². The zero-order valence-corrected chi connectivity index (χ0v) is 8.69. The van der Waals surface area contributed by atoms with Crippen LogP contribution >= 0.6 is 22.9 Å². The molecule has 0 atom stereocenters. The van der Waals surface area contributed by atoms with Crippen LogP contribution in [0, 0.1) is 0 Å². The van der Waals surface area contributed by atoms with Crippen molar-refractivity contribution in [2.75, 3.05) is 0 Å². The fraction of sp³-hybridized carbons (Fsp3) is 0.111. The molecule has 1 N–H and O–H groups in total. The minimum atomic E-state index is -0.407. The topological polar surface area (TPSA) is 20.2 Å². The van der Waals surface area contributed by atoms with E-state index in [0.29, 0.717) is 0 Å². The van der Waals surface area contributed by atoms with E-state index >= 15 is 0 Å². The maximum Gasteiger partial charge on any atom is 0.321 e. The Balaban J connectivity index is 2.69. The molecule has 0 spiro atoms. The van der Waals surface area contributed by atoms with Gasteiger partial charge in [-0.2, -0.15) is 0 Å². The van der Waals surface area contributed by atoms with Crippen LogP contribution < -0.4 is 5.46 Å². The maximum absolute atomic E-state index is 9.45. The third-order valence-electron chi connectivity index (χ3n) is 2.02. The van der Waals surface area contributed by atoms with E-state index in [1.165, 1.54) is 0 Å². The summed E-state index contributed by atoms with van der Waals surface area (Å²) in [4.78, 5) is 0. The highest BCUT2D eigenvalue weighted by Crippen LogP contribution is 2.23. The van der Waals surface area contributed by atoms with Gasteiger partial charge in [0, 0.05) is 9.72 Å². The van der Waals surface area contributed by atoms with Gasteiger partial charge in [-0.25, -0.2) is 0 Å². The van der Waals surface area contributed by atoms with Crippen molar-refractivity contribution in [2.24, 2.45) is 0 Å². The SMILES string of the molecule is CB(O)c1csc2cc(Cl)ccc12. The average molecular weight is 210 g/mol. The quantitative estimate of drug-likeness (QED) is 0.717. The van der Waals surface area contributed by atoms with Gasteiger partial charge >= 0.3 is 6.92 Å². The molecule has 13 heavy (non-hydrogen) atoms. The third kappa shape index (κ3) is 1.59. The lowest BCUT2D eigenvalue weighted by Crippen LogP contribution is -2.24. The normalized spacial score (nSPS) is 10.7. The molecule has 0 aliphatic carbocycles. The van der Waals surface area contributed by atoms with Gasteiger partial charge in [0.25, 0.3) is 0 Å². The first-order valence-corrected chi connectivity index (χ1v) is 5.29. The number of rotatable bonds is 1. The molecule has 0 aliphatic heterocycles. The van der Waals surface area contributed by atoms with E-state index in [-0.39, 0.29) is 0 Å². The first-order valence-electron chi connectivity index (χ1n) is 4.03. The van der Waals surface area contributed by atoms with Gasteiger partial charge in [0.05, 0.1) is 0 Å². The molecule has 0 bridgehead atoms. The van der Waals surface area contributed by atoms with Crippen LogP contribution in [0.15, 0.2) is 23.6 Å². The summed E-state index contributed by atoms with van der Waals surface area (Å²) < 4.78 is 1.13. The monoisotopic (exact) mass is 210 g/mol. The molecular formula is C9H8BClOS. The Labute approximate surface area is 86.1 Å². The predicted octanol–water partition coefficient (Wildman–Crippen LogP) is 2.38. The number of hydrogen-bond donors (Lipinski definition) is 1. The van der Waals surface area contributed by atoms with Crippen LogP contribution in [0.2, 0.25) is 11.8 Å². The summed E-state index contributed by atoms with van der Waals surface area (Å²) in [6.45, 7) is 1.37. The van der Waals surface area contributed by atoms with E-state index in [1.54, 1.807) is 18.2 Å². The van der Waals surface area contributed by atoms with Crippen LogP contribution in [0.5, 0.6) is 0 Å². The van der Waals surface area contributed by atoms with Crippen LogP contribution in [-0.2, 0) is 0 Å². The van der Waals surface area contributed by atoms with E-state index in [2.05, 4.69) is 0 Å². The molecule has 0 saturated heterocycles. The Hall–Kier alpha value is -0.505. The Morgan fingerprint density at radius 2 is 2.23 bits per heavy atom. The van der Waals surface area contributed by atoms with E-state index in [1.807, 2.05) is 23.6 Å². The van der Waals surface area contributed by atoms with Crippen molar-refractivity contribution in [3.8, 4) is 0 Å². The fourth-order valence-corrected chi connectivity index (χ4v) is 2.67. The molecule has 66 valence electrons. The molecule has 1 aromatic heterocycles. The van der Waals surface area contributed by atoms with Crippen LogP contribution in [0.25, 0.3) is 10.1 Å². The number of thiophene rings is 1. The summed E-state index contributed by atoms with van der Waals surface area (Å²) in [5, 5.41) is 13.3. The second-order valence-corrected chi connectivity index (χ2v) is 4.36. The molecule has 4 heteroatoms. The van der Waals surface area contributed by atoms with Crippen LogP contribution in [-0.4, -0.2) is 11.9 Å². The van der Waals surface area contributed by atoms with Gasteiger partial charge in [-0.15, -0.1) is 11.3 Å². The standard InChI is InChI=1S/C9H8BClOS/c1-10(12)8-5-13-9-4-6(11)2-3-7(8)9/h2-5,12H,1H3. The maximum atomic E-state index is 9.45. The molecule has 1 heterocycles. The molecule has 0 amide bonds. The van der Waals surface area contributed by atoms with Gasteiger partial charge in [-0.3, -0.25) is 0 Å². The minimum Gasteiger partial charge on any atom is -0.446 e. The minimum absolute atomic E-state index is 0.407. The second-order valence-electron chi connectivity index (χ2n) is 3.01. The van der Waals surface area contributed by atoms with Crippen LogP contribution in [0.4, 0.5) is 0 Å². The number of halogens is 1. The molecule has 0 aliphatic rings. The Kier molecular flexibility index (Phi) is 2.32. The highest BCUT2D eigenvalue weighted by molar-refractivity contribution is 7.18. The van der Waals surface area contributed by atoms with Gasteiger partial charge in [0.1, 0.15) is 0 Å². The summed E-state index contributed by atoms with van der Waals surface area (Å²) in [5.74, 6) is 0. The lowest BCUT2D eigenvalue weighted by molar-refractivity contribution is 0.594. The highest BCUT2D eigenvalue weighted by Gasteiger charge is 2.12. The molecule has 0 saturated carbocycles. The number of hydrogen-bond acceptors (Lipinski definition) is 2. The summed E-state index contributed by atoms with van der Waals surface area (Å²) >= 11 is 7.46. The van der Waals surface area contributed by atoms with E-state index in [9.17, 15) is 5.02 Å². The average Bonchev–Trinajstić information content (AvgIpc) is 2.46. The summed E-state index contributed by atoms with van der Waals surface area (Å²) in [6.07, 6.45) is 0. The van der Waals surface area contributed by atoms with Crippen molar-refractivity contribution in [3.05, 3.63) is 28.6 Å².